The molecule has 0 radical (unpaired) electrons. The fraction of sp³-hybridized carbons (Fsp3) is 0.714. The first-order chi connectivity index (χ1) is 3.98. The lowest BCUT2D eigenvalue weighted by Gasteiger charge is -2.23. The first-order valence-electron chi connectivity index (χ1n) is 3.01. The first-order valence-corrected chi connectivity index (χ1v) is 3.01. The van der Waals surface area contributed by atoms with Gasteiger partial charge in [0.2, 0.25) is 0 Å². The molecule has 1 nitrogen and oxygen atoms in total. The van der Waals surface area contributed by atoms with Crippen molar-refractivity contribution in [2.45, 2.75) is 26.8 Å². The molecule has 0 spiro atoms. The Labute approximate surface area is 55.7 Å². The van der Waals surface area contributed by atoms with E-state index in [-0.39, 0.29) is 11.5 Å². The van der Waals surface area contributed by atoms with Crippen molar-refractivity contribution in [1.29, 1.82) is 0 Å². The molecule has 0 amide bonds. The second kappa shape index (κ2) is 2.97. The predicted octanol–water partition coefficient (Wildman–Crippen LogP) is 1.84. The molecule has 0 saturated carbocycles. The van der Waals surface area contributed by atoms with E-state index in [4.69, 9.17) is 5.73 Å². The van der Waals surface area contributed by atoms with Gasteiger partial charge in [0.05, 0.1) is 6.33 Å². The number of nitrogens with two attached hydrogens (primary N) is 1. The molecule has 2 heteroatoms. The van der Waals surface area contributed by atoms with E-state index >= 15 is 0 Å². The molecule has 0 bridgehead atoms. The van der Waals surface area contributed by atoms with Crippen molar-refractivity contribution < 1.29 is 4.39 Å². The molecular weight excluding hydrogens is 117 g/mol. The highest BCUT2D eigenvalue weighted by atomic mass is 19.1. The average molecular weight is 131 g/mol. The van der Waals surface area contributed by atoms with Crippen molar-refractivity contribution in [3.05, 3.63) is 12.4 Å². The van der Waals surface area contributed by atoms with Crippen molar-refractivity contribution >= 4 is 0 Å². The highest BCUT2D eigenvalue weighted by Gasteiger charge is 2.17. The zero-order chi connectivity index (χ0) is 7.49. The Balaban J connectivity index is 3.88. The van der Waals surface area contributed by atoms with Gasteiger partial charge in [0.15, 0.2) is 0 Å². The summed E-state index contributed by atoms with van der Waals surface area (Å²) >= 11 is 0. The maximum Gasteiger partial charge on any atom is 0.0842 e. The van der Waals surface area contributed by atoms with Crippen molar-refractivity contribution in [1.82, 2.24) is 0 Å². The number of hydrogen-bond donors (Lipinski definition) is 1. The van der Waals surface area contributed by atoms with Gasteiger partial charge in [-0.05, 0) is 11.5 Å². The summed E-state index contributed by atoms with van der Waals surface area (Å²) in [6.45, 7) is 5.91. The van der Waals surface area contributed by atoms with Crippen LogP contribution >= 0.6 is 0 Å². The molecule has 54 valence electrons. The second-order valence-electron chi connectivity index (χ2n) is 3.21. The summed E-state index contributed by atoms with van der Waals surface area (Å²) in [5.74, 6) is 0. The average Bonchev–Trinajstić information content (AvgIpc) is 1.64. The molecule has 2 N–H and O–H groups in total. The third kappa shape index (κ3) is 3.25. The molecule has 0 aliphatic carbocycles. The predicted molar refractivity (Wildman–Crippen MR) is 37.7 cm³/mol. The molecule has 0 aromatic heterocycles. The van der Waals surface area contributed by atoms with Crippen molar-refractivity contribution in [2.24, 2.45) is 11.1 Å². The number of rotatable bonds is 1. The Morgan fingerprint density at radius 2 is 1.89 bits per heavy atom. The first kappa shape index (κ1) is 8.63. The number of halogens is 1. The summed E-state index contributed by atoms with van der Waals surface area (Å²) < 4.78 is 11.5. The topological polar surface area (TPSA) is 26.0 Å². The van der Waals surface area contributed by atoms with Crippen molar-refractivity contribution in [3.8, 4) is 0 Å². The summed E-state index contributed by atoms with van der Waals surface area (Å²) in [7, 11) is 0. The van der Waals surface area contributed by atoms with E-state index in [1.165, 1.54) is 6.08 Å². The largest absolute Gasteiger partial charge is 0.324 e. The van der Waals surface area contributed by atoms with Crippen LogP contribution in [0.15, 0.2) is 12.4 Å². The normalized spacial score (nSPS) is 16.6. The number of hydrogen-bond acceptors (Lipinski definition) is 1. The molecule has 0 rings (SSSR count). The lowest BCUT2D eigenvalue weighted by molar-refractivity contribution is 0.364. The summed E-state index contributed by atoms with van der Waals surface area (Å²) in [4.78, 5) is 0. The van der Waals surface area contributed by atoms with Crippen LogP contribution in [0.5, 0.6) is 0 Å². The Morgan fingerprint density at radius 1 is 1.44 bits per heavy atom. The van der Waals surface area contributed by atoms with Gasteiger partial charge >= 0.3 is 0 Å². The molecule has 9 heavy (non-hydrogen) atoms. The van der Waals surface area contributed by atoms with Crippen LogP contribution in [0.1, 0.15) is 20.8 Å². The Bertz CT molecular complexity index is 102. The molecule has 0 heterocycles. The maximum absolute atomic E-state index is 11.5. The van der Waals surface area contributed by atoms with E-state index < -0.39 is 0 Å². The van der Waals surface area contributed by atoms with Crippen LogP contribution in [0.25, 0.3) is 0 Å². The van der Waals surface area contributed by atoms with Crippen LogP contribution in [0.4, 0.5) is 4.39 Å². The standard InChI is InChI=1S/C7H14FN/c1-7(2,3)6(9)4-5-8/h4-6H,9H2,1-3H3. The molecule has 0 saturated heterocycles. The van der Waals surface area contributed by atoms with E-state index in [1.54, 1.807) is 0 Å². The summed E-state index contributed by atoms with van der Waals surface area (Å²) in [5, 5.41) is 0. The fourth-order valence-electron chi connectivity index (χ4n) is 0.367. The van der Waals surface area contributed by atoms with Crippen LogP contribution in [-0.4, -0.2) is 6.04 Å². The smallest absolute Gasteiger partial charge is 0.0842 e. The van der Waals surface area contributed by atoms with Gasteiger partial charge in [-0.2, -0.15) is 0 Å². The van der Waals surface area contributed by atoms with Gasteiger partial charge in [-0.1, -0.05) is 20.8 Å². The van der Waals surface area contributed by atoms with Crippen LogP contribution in [0.2, 0.25) is 0 Å². The molecule has 0 fully saturated rings. The van der Waals surface area contributed by atoms with Gasteiger partial charge in [-0.15, -0.1) is 0 Å². The van der Waals surface area contributed by atoms with E-state index in [1.807, 2.05) is 20.8 Å². The SMILES string of the molecule is CC(C)(C)C(N)C=CF. The summed E-state index contributed by atoms with van der Waals surface area (Å²) in [5.41, 5.74) is 5.50. The zero-order valence-corrected chi connectivity index (χ0v) is 6.19. The molecule has 1 atom stereocenters. The third-order valence-electron chi connectivity index (χ3n) is 1.28. The Morgan fingerprint density at radius 3 is 2.00 bits per heavy atom. The Hall–Kier alpha value is -0.370. The molecule has 0 aromatic carbocycles. The van der Waals surface area contributed by atoms with Gasteiger partial charge in [-0.3, -0.25) is 0 Å². The minimum absolute atomic E-state index is 0.0391. The molecule has 0 aromatic rings. The summed E-state index contributed by atoms with van der Waals surface area (Å²) in [6, 6.07) is -0.192. The zero-order valence-electron chi connectivity index (χ0n) is 6.19. The molecule has 0 aliphatic rings. The second-order valence-corrected chi connectivity index (χ2v) is 3.21. The van der Waals surface area contributed by atoms with Gasteiger partial charge < -0.3 is 5.73 Å². The van der Waals surface area contributed by atoms with Crippen LogP contribution in [-0.2, 0) is 0 Å². The molecular formula is C7H14FN. The monoisotopic (exact) mass is 131 g/mol. The highest BCUT2D eigenvalue weighted by Crippen LogP contribution is 2.17. The van der Waals surface area contributed by atoms with Crippen LogP contribution in [0, 0.1) is 5.41 Å². The highest BCUT2D eigenvalue weighted by molar-refractivity contribution is 4.93. The minimum atomic E-state index is -0.192. The molecule has 0 aliphatic heterocycles. The fourth-order valence-corrected chi connectivity index (χ4v) is 0.367. The van der Waals surface area contributed by atoms with Gasteiger partial charge in [0.1, 0.15) is 0 Å². The van der Waals surface area contributed by atoms with Gasteiger partial charge in [0.25, 0.3) is 0 Å². The van der Waals surface area contributed by atoms with Gasteiger partial charge in [0, 0.05) is 6.04 Å². The van der Waals surface area contributed by atoms with Gasteiger partial charge in [-0.25, -0.2) is 4.39 Å². The van der Waals surface area contributed by atoms with E-state index in [2.05, 4.69) is 0 Å². The van der Waals surface area contributed by atoms with Crippen molar-refractivity contribution in [2.75, 3.05) is 0 Å². The van der Waals surface area contributed by atoms with Crippen LogP contribution < -0.4 is 5.73 Å². The third-order valence-corrected chi connectivity index (χ3v) is 1.28. The maximum atomic E-state index is 11.5. The van der Waals surface area contributed by atoms with Crippen LogP contribution in [0.3, 0.4) is 0 Å². The summed E-state index contributed by atoms with van der Waals surface area (Å²) in [6.07, 6.45) is 1.86. The van der Waals surface area contributed by atoms with E-state index in [0.29, 0.717) is 6.33 Å². The molecule has 1 unspecified atom stereocenters. The quantitative estimate of drug-likeness (QED) is 0.577. The lowest BCUT2D eigenvalue weighted by atomic mass is 9.88. The Kier molecular flexibility index (Phi) is 2.85. The minimum Gasteiger partial charge on any atom is -0.324 e. The van der Waals surface area contributed by atoms with Crippen molar-refractivity contribution in [3.63, 3.8) is 0 Å². The van der Waals surface area contributed by atoms with E-state index in [9.17, 15) is 4.39 Å². The lowest BCUT2D eigenvalue weighted by Crippen LogP contribution is -2.32. The van der Waals surface area contributed by atoms with E-state index in [0.717, 1.165) is 0 Å².